The Morgan fingerprint density at radius 1 is 1.02 bits per heavy atom. The minimum absolute atomic E-state index is 0.121. The highest BCUT2D eigenvalue weighted by Crippen LogP contribution is 2.37. The molecule has 1 atom stereocenters. The van der Waals surface area contributed by atoms with Gasteiger partial charge in [-0.1, -0.05) is 41.9 Å². The van der Waals surface area contributed by atoms with Gasteiger partial charge in [0.05, 0.1) is 28.3 Å². The molecule has 0 saturated carbocycles. The summed E-state index contributed by atoms with van der Waals surface area (Å²) in [7, 11) is -3.13. The van der Waals surface area contributed by atoms with Crippen LogP contribution in [0.3, 0.4) is 0 Å². The molecule has 0 bridgehead atoms. The van der Waals surface area contributed by atoms with Crippen molar-refractivity contribution in [1.82, 2.24) is 10.2 Å². The van der Waals surface area contributed by atoms with Crippen LogP contribution in [-0.4, -0.2) is 51.4 Å². The van der Waals surface area contributed by atoms with Crippen LogP contribution in [0.15, 0.2) is 77.7 Å². The van der Waals surface area contributed by atoms with Crippen LogP contribution in [0.4, 0.5) is 18.9 Å². The van der Waals surface area contributed by atoms with E-state index >= 15 is 0 Å². The van der Waals surface area contributed by atoms with Crippen molar-refractivity contribution in [3.8, 4) is 5.75 Å². The molecule has 2 amide bonds. The SMILES string of the molecule is CCNC(=O)C(C)N(Cc1cccc(OC)c1)C(=O)CN(c1cc(C(F)(F)F)ccc1Cl)S(=O)(=O)c1ccccc1. The zero-order valence-corrected chi connectivity index (χ0v) is 24.1. The molecule has 41 heavy (non-hydrogen) atoms. The number of nitrogens with one attached hydrogen (secondary N) is 1. The Balaban J connectivity index is 2.13. The Morgan fingerprint density at radius 2 is 1.71 bits per heavy atom. The first-order valence-corrected chi connectivity index (χ1v) is 14.3. The first-order valence-electron chi connectivity index (χ1n) is 12.4. The van der Waals surface area contributed by atoms with E-state index in [2.05, 4.69) is 5.32 Å². The van der Waals surface area contributed by atoms with Gasteiger partial charge in [0.2, 0.25) is 11.8 Å². The molecular formula is C28H29ClF3N3O5S. The number of carbonyl (C=O) groups is 2. The molecule has 1 unspecified atom stereocenters. The van der Waals surface area contributed by atoms with Crippen LogP contribution in [0.25, 0.3) is 0 Å². The van der Waals surface area contributed by atoms with Crippen LogP contribution >= 0.6 is 11.6 Å². The number of likely N-dealkylation sites (N-methyl/N-ethyl adjacent to an activating group) is 1. The third-order valence-electron chi connectivity index (χ3n) is 6.16. The molecule has 1 N–H and O–H groups in total. The Bertz CT molecular complexity index is 1490. The highest BCUT2D eigenvalue weighted by Gasteiger charge is 2.36. The van der Waals surface area contributed by atoms with Crippen LogP contribution in [-0.2, 0) is 32.3 Å². The second-order valence-corrected chi connectivity index (χ2v) is 11.2. The van der Waals surface area contributed by atoms with Crippen molar-refractivity contribution in [2.45, 2.75) is 37.5 Å². The number of carbonyl (C=O) groups excluding carboxylic acids is 2. The van der Waals surface area contributed by atoms with Crippen molar-refractivity contribution in [3.05, 3.63) is 88.9 Å². The molecule has 0 aliphatic heterocycles. The lowest BCUT2D eigenvalue weighted by molar-refractivity contribution is -0.139. The maximum absolute atomic E-state index is 13.9. The molecular weight excluding hydrogens is 583 g/mol. The Labute approximate surface area is 241 Å². The standard InChI is InChI=1S/C28H29ClF3N3O5S/c1-4-33-27(37)19(2)34(17-20-9-8-10-22(15-20)40-3)26(36)18-35(41(38,39)23-11-6-5-7-12-23)25-16-21(28(30,31)32)13-14-24(25)29/h5-16,19H,4,17-18H2,1-3H3,(H,33,37). The Kier molecular flexibility index (Phi) is 10.3. The van der Waals surface area contributed by atoms with Crippen molar-refractivity contribution >= 4 is 39.1 Å². The largest absolute Gasteiger partial charge is 0.497 e. The molecule has 0 heterocycles. The zero-order valence-electron chi connectivity index (χ0n) is 22.5. The van der Waals surface area contributed by atoms with Gasteiger partial charge in [0.15, 0.2) is 0 Å². The summed E-state index contributed by atoms with van der Waals surface area (Å²) in [4.78, 5) is 27.5. The Morgan fingerprint density at radius 3 is 2.32 bits per heavy atom. The van der Waals surface area contributed by atoms with Gasteiger partial charge in [-0.3, -0.25) is 13.9 Å². The van der Waals surface area contributed by atoms with Gasteiger partial charge in [-0.2, -0.15) is 13.2 Å². The van der Waals surface area contributed by atoms with E-state index in [0.717, 1.165) is 11.0 Å². The third-order valence-corrected chi connectivity index (χ3v) is 8.25. The van der Waals surface area contributed by atoms with E-state index in [1.807, 2.05) is 0 Å². The highest BCUT2D eigenvalue weighted by molar-refractivity contribution is 7.92. The van der Waals surface area contributed by atoms with Crippen LogP contribution in [0.2, 0.25) is 5.02 Å². The minimum atomic E-state index is -4.81. The van der Waals surface area contributed by atoms with Crippen molar-refractivity contribution < 1.29 is 35.9 Å². The average Bonchev–Trinajstić information content (AvgIpc) is 2.94. The number of nitrogens with zero attached hydrogens (tertiary/aromatic N) is 2. The fraction of sp³-hybridized carbons (Fsp3) is 0.286. The maximum Gasteiger partial charge on any atom is 0.416 e. The van der Waals surface area contributed by atoms with Crippen molar-refractivity contribution in [2.24, 2.45) is 0 Å². The molecule has 3 aromatic carbocycles. The molecule has 0 spiro atoms. The summed E-state index contributed by atoms with van der Waals surface area (Å²) in [5.74, 6) is -0.859. The number of methoxy groups -OCH3 is 1. The van der Waals surface area contributed by atoms with E-state index in [9.17, 15) is 31.2 Å². The fourth-order valence-electron chi connectivity index (χ4n) is 3.99. The van der Waals surface area contributed by atoms with E-state index in [1.165, 1.54) is 38.3 Å². The number of rotatable bonds is 11. The Hall–Kier alpha value is -3.77. The summed E-state index contributed by atoms with van der Waals surface area (Å²) < 4.78 is 74.1. The highest BCUT2D eigenvalue weighted by atomic mass is 35.5. The third kappa shape index (κ3) is 7.70. The zero-order chi connectivity index (χ0) is 30.4. The van der Waals surface area contributed by atoms with E-state index in [0.29, 0.717) is 27.8 Å². The van der Waals surface area contributed by atoms with Gasteiger partial charge in [-0.25, -0.2) is 8.42 Å². The first-order chi connectivity index (χ1) is 19.3. The van der Waals surface area contributed by atoms with Crippen LogP contribution in [0.5, 0.6) is 5.75 Å². The van der Waals surface area contributed by atoms with Gasteiger partial charge >= 0.3 is 6.18 Å². The van der Waals surface area contributed by atoms with Gasteiger partial charge in [0.25, 0.3) is 10.0 Å². The molecule has 0 radical (unpaired) electrons. The molecule has 13 heteroatoms. The van der Waals surface area contributed by atoms with Gasteiger partial charge in [-0.05, 0) is 61.9 Å². The summed E-state index contributed by atoms with van der Waals surface area (Å²) in [6.45, 7) is 2.38. The number of benzene rings is 3. The van der Waals surface area contributed by atoms with Crippen molar-refractivity contribution in [2.75, 3.05) is 24.5 Å². The van der Waals surface area contributed by atoms with E-state index < -0.39 is 51.9 Å². The van der Waals surface area contributed by atoms with Crippen molar-refractivity contribution in [1.29, 1.82) is 0 Å². The van der Waals surface area contributed by atoms with E-state index in [4.69, 9.17) is 16.3 Å². The topological polar surface area (TPSA) is 96.0 Å². The molecule has 3 rings (SSSR count). The van der Waals surface area contributed by atoms with Gasteiger partial charge in [0, 0.05) is 13.1 Å². The monoisotopic (exact) mass is 611 g/mol. The predicted octanol–water partition coefficient (Wildman–Crippen LogP) is 5.12. The van der Waals surface area contributed by atoms with Crippen LogP contribution in [0, 0.1) is 0 Å². The van der Waals surface area contributed by atoms with E-state index in [1.54, 1.807) is 37.3 Å². The first kappa shape index (κ1) is 31.8. The quantitative estimate of drug-likeness (QED) is 0.325. The number of amides is 2. The smallest absolute Gasteiger partial charge is 0.416 e. The number of sulfonamides is 1. The summed E-state index contributed by atoms with van der Waals surface area (Å²) in [5.41, 5.74) is -1.12. The van der Waals surface area contributed by atoms with Crippen LogP contribution < -0.4 is 14.4 Å². The molecule has 0 aliphatic rings. The number of halogens is 4. The lowest BCUT2D eigenvalue weighted by Crippen LogP contribution is -2.51. The normalized spacial score (nSPS) is 12.4. The molecule has 8 nitrogen and oxygen atoms in total. The molecule has 0 aliphatic carbocycles. The molecule has 0 fully saturated rings. The number of anilines is 1. The summed E-state index contributed by atoms with van der Waals surface area (Å²) in [5, 5.41) is 2.31. The number of hydrogen-bond donors (Lipinski definition) is 1. The van der Waals surface area contributed by atoms with Gasteiger partial charge in [-0.15, -0.1) is 0 Å². The van der Waals surface area contributed by atoms with Crippen LogP contribution in [0.1, 0.15) is 25.0 Å². The molecule has 0 aromatic heterocycles. The average molecular weight is 612 g/mol. The number of ether oxygens (including phenoxy) is 1. The second-order valence-electron chi connectivity index (χ2n) is 8.93. The van der Waals surface area contributed by atoms with Gasteiger partial charge in [0.1, 0.15) is 18.3 Å². The predicted molar refractivity (Wildman–Crippen MR) is 149 cm³/mol. The molecule has 3 aromatic rings. The number of hydrogen-bond acceptors (Lipinski definition) is 5. The summed E-state index contributed by atoms with van der Waals surface area (Å²) in [6.07, 6.45) is -4.81. The lowest BCUT2D eigenvalue weighted by atomic mass is 10.1. The summed E-state index contributed by atoms with van der Waals surface area (Å²) >= 11 is 6.24. The lowest BCUT2D eigenvalue weighted by Gasteiger charge is -2.32. The van der Waals surface area contributed by atoms with Gasteiger partial charge < -0.3 is 15.0 Å². The molecule has 0 saturated heterocycles. The van der Waals surface area contributed by atoms with Crippen molar-refractivity contribution in [3.63, 3.8) is 0 Å². The second kappa shape index (κ2) is 13.3. The minimum Gasteiger partial charge on any atom is -0.497 e. The number of alkyl halides is 3. The maximum atomic E-state index is 13.9. The van der Waals surface area contributed by atoms with E-state index in [-0.39, 0.29) is 23.0 Å². The fourth-order valence-corrected chi connectivity index (χ4v) is 5.70. The molecule has 220 valence electrons. The summed E-state index contributed by atoms with van der Waals surface area (Å²) in [6, 6.07) is 14.8.